The summed E-state index contributed by atoms with van der Waals surface area (Å²) in [4.78, 5) is 58.8. The standard InChI is InChI=1S/C14H22N4O7S/c15-7(4-11(20)21)13(23)18-3-1-2-9(18)12(22)16-5-10(19)17-8(6-26)14(24)25/h7-9,26H,1-6,15H2,(H,16,22)(H,17,19)(H,20,21)(H,24,25). The Kier molecular flexibility index (Phi) is 8.32. The number of nitrogens with one attached hydrogen (secondary N) is 2. The predicted molar refractivity (Wildman–Crippen MR) is 91.4 cm³/mol. The number of hydrogen-bond donors (Lipinski definition) is 6. The lowest BCUT2D eigenvalue weighted by Crippen LogP contribution is -2.53. The van der Waals surface area contributed by atoms with Gasteiger partial charge in [0.2, 0.25) is 17.7 Å². The quantitative estimate of drug-likeness (QED) is 0.232. The SMILES string of the molecule is NC(CC(=O)O)C(=O)N1CCCC1C(=O)NCC(=O)NC(CS)C(=O)O. The molecule has 3 amide bonds. The van der Waals surface area contributed by atoms with Gasteiger partial charge >= 0.3 is 11.9 Å². The van der Waals surface area contributed by atoms with Crippen molar-refractivity contribution in [1.29, 1.82) is 0 Å². The Bertz CT molecular complexity index is 586. The fourth-order valence-corrected chi connectivity index (χ4v) is 2.76. The van der Waals surface area contributed by atoms with Gasteiger partial charge in [-0.15, -0.1) is 0 Å². The summed E-state index contributed by atoms with van der Waals surface area (Å²) < 4.78 is 0. The molecule has 0 spiro atoms. The smallest absolute Gasteiger partial charge is 0.327 e. The molecule has 1 aliphatic heterocycles. The molecule has 1 rings (SSSR count). The molecule has 3 unspecified atom stereocenters. The van der Waals surface area contributed by atoms with Crippen LogP contribution in [0, 0.1) is 0 Å². The molecule has 0 aliphatic carbocycles. The number of carboxylic acids is 2. The molecule has 26 heavy (non-hydrogen) atoms. The van der Waals surface area contributed by atoms with Crippen molar-refractivity contribution in [3.63, 3.8) is 0 Å². The minimum Gasteiger partial charge on any atom is -0.481 e. The van der Waals surface area contributed by atoms with Gasteiger partial charge in [-0.3, -0.25) is 19.2 Å². The summed E-state index contributed by atoms with van der Waals surface area (Å²) >= 11 is 3.81. The number of nitrogens with zero attached hydrogens (tertiary/aromatic N) is 1. The first-order chi connectivity index (χ1) is 12.2. The number of likely N-dealkylation sites (tertiary alicyclic amines) is 1. The molecule has 12 heteroatoms. The van der Waals surface area contributed by atoms with Crippen molar-refractivity contribution in [2.45, 2.75) is 37.4 Å². The van der Waals surface area contributed by atoms with Crippen LogP contribution in [0.3, 0.4) is 0 Å². The van der Waals surface area contributed by atoms with E-state index < -0.39 is 60.8 Å². The molecule has 6 N–H and O–H groups in total. The van der Waals surface area contributed by atoms with Crippen LogP contribution >= 0.6 is 12.6 Å². The van der Waals surface area contributed by atoms with Crippen molar-refractivity contribution >= 4 is 42.3 Å². The van der Waals surface area contributed by atoms with Crippen LogP contribution in [0.5, 0.6) is 0 Å². The van der Waals surface area contributed by atoms with E-state index in [-0.39, 0.29) is 12.3 Å². The van der Waals surface area contributed by atoms with Crippen molar-refractivity contribution in [3.05, 3.63) is 0 Å². The number of aliphatic carboxylic acids is 2. The second kappa shape index (κ2) is 9.97. The summed E-state index contributed by atoms with van der Waals surface area (Å²) in [5.41, 5.74) is 5.55. The van der Waals surface area contributed by atoms with Gasteiger partial charge < -0.3 is 31.5 Å². The van der Waals surface area contributed by atoms with Gasteiger partial charge in [0.15, 0.2) is 0 Å². The highest BCUT2D eigenvalue weighted by atomic mass is 32.1. The zero-order chi connectivity index (χ0) is 19.9. The molecule has 11 nitrogen and oxygen atoms in total. The van der Waals surface area contributed by atoms with E-state index in [1.165, 1.54) is 4.90 Å². The Morgan fingerprint density at radius 2 is 1.88 bits per heavy atom. The molecule has 1 heterocycles. The number of nitrogens with two attached hydrogens (primary N) is 1. The zero-order valence-corrected chi connectivity index (χ0v) is 14.8. The maximum absolute atomic E-state index is 12.2. The molecule has 0 bridgehead atoms. The van der Waals surface area contributed by atoms with Gasteiger partial charge in [-0.05, 0) is 12.8 Å². The van der Waals surface area contributed by atoms with Crippen LogP contribution in [-0.2, 0) is 24.0 Å². The maximum atomic E-state index is 12.2. The third-order valence-corrected chi connectivity index (χ3v) is 4.15. The number of thiol groups is 1. The molecule has 0 aromatic heterocycles. The van der Waals surface area contributed by atoms with Gasteiger partial charge in [-0.1, -0.05) is 0 Å². The lowest BCUT2D eigenvalue weighted by atomic mass is 10.1. The summed E-state index contributed by atoms with van der Waals surface area (Å²) in [6.07, 6.45) is 0.344. The highest BCUT2D eigenvalue weighted by Gasteiger charge is 2.36. The molecular formula is C14H22N4O7S. The van der Waals surface area contributed by atoms with Gasteiger partial charge in [0.05, 0.1) is 19.0 Å². The van der Waals surface area contributed by atoms with Crippen molar-refractivity contribution < 1.29 is 34.2 Å². The van der Waals surface area contributed by atoms with E-state index >= 15 is 0 Å². The number of amides is 3. The van der Waals surface area contributed by atoms with E-state index in [0.29, 0.717) is 12.8 Å². The van der Waals surface area contributed by atoms with E-state index in [0.717, 1.165) is 0 Å². The first-order valence-electron chi connectivity index (χ1n) is 7.86. The van der Waals surface area contributed by atoms with Gasteiger partial charge in [0, 0.05) is 12.3 Å². The molecule has 1 fully saturated rings. The van der Waals surface area contributed by atoms with E-state index in [9.17, 15) is 24.0 Å². The van der Waals surface area contributed by atoms with Gasteiger partial charge in [-0.25, -0.2) is 4.79 Å². The second-order valence-corrected chi connectivity index (χ2v) is 6.12. The molecule has 0 saturated carbocycles. The summed E-state index contributed by atoms with van der Waals surface area (Å²) in [6.45, 7) is -0.201. The molecule has 0 aromatic carbocycles. The average Bonchev–Trinajstić information content (AvgIpc) is 3.05. The highest BCUT2D eigenvalue weighted by Crippen LogP contribution is 2.18. The fourth-order valence-electron chi connectivity index (χ4n) is 2.51. The average molecular weight is 390 g/mol. The number of hydrogen-bond acceptors (Lipinski definition) is 7. The minimum absolute atomic E-state index is 0.110. The number of carboxylic acid groups (broad SMARTS) is 2. The Labute approximate surface area is 154 Å². The number of rotatable bonds is 9. The number of carbonyl (C=O) groups excluding carboxylic acids is 3. The van der Waals surface area contributed by atoms with E-state index in [1.54, 1.807) is 0 Å². The lowest BCUT2D eigenvalue weighted by Gasteiger charge is -2.26. The minimum atomic E-state index is -1.25. The molecule has 0 radical (unpaired) electrons. The van der Waals surface area contributed by atoms with Crippen LogP contribution < -0.4 is 16.4 Å². The molecular weight excluding hydrogens is 368 g/mol. The van der Waals surface area contributed by atoms with Gasteiger partial charge in [0.25, 0.3) is 0 Å². The third-order valence-electron chi connectivity index (χ3n) is 3.79. The Morgan fingerprint density at radius 3 is 2.42 bits per heavy atom. The lowest BCUT2D eigenvalue weighted by molar-refractivity contribution is -0.144. The first kappa shape index (κ1) is 21.7. The van der Waals surface area contributed by atoms with Crippen molar-refractivity contribution in [1.82, 2.24) is 15.5 Å². The third kappa shape index (κ3) is 6.19. The fraction of sp³-hybridized carbons (Fsp3) is 0.643. The van der Waals surface area contributed by atoms with Crippen LogP contribution in [0.25, 0.3) is 0 Å². The Hall–Kier alpha value is -2.34. The summed E-state index contributed by atoms with van der Waals surface area (Å²) in [6, 6.07) is -3.28. The summed E-state index contributed by atoms with van der Waals surface area (Å²) in [5, 5.41) is 22.1. The van der Waals surface area contributed by atoms with Gasteiger partial charge in [-0.2, -0.15) is 12.6 Å². The molecule has 146 valence electrons. The first-order valence-corrected chi connectivity index (χ1v) is 8.49. The van der Waals surface area contributed by atoms with Crippen molar-refractivity contribution in [2.75, 3.05) is 18.8 Å². The van der Waals surface area contributed by atoms with Crippen LogP contribution in [0.15, 0.2) is 0 Å². The largest absolute Gasteiger partial charge is 0.481 e. The molecule has 3 atom stereocenters. The van der Waals surface area contributed by atoms with E-state index in [1.807, 2.05) is 0 Å². The zero-order valence-electron chi connectivity index (χ0n) is 13.9. The normalized spacial score (nSPS) is 18.7. The Balaban J connectivity index is 2.57. The molecule has 0 aromatic rings. The Morgan fingerprint density at radius 1 is 1.23 bits per heavy atom. The summed E-state index contributed by atoms with van der Waals surface area (Å²) in [7, 11) is 0. The number of carbonyl (C=O) groups is 5. The van der Waals surface area contributed by atoms with Crippen LogP contribution in [0.2, 0.25) is 0 Å². The van der Waals surface area contributed by atoms with Crippen LogP contribution in [0.1, 0.15) is 19.3 Å². The topological polar surface area (TPSA) is 179 Å². The van der Waals surface area contributed by atoms with Crippen LogP contribution in [0.4, 0.5) is 0 Å². The molecule has 1 aliphatic rings. The monoisotopic (exact) mass is 390 g/mol. The second-order valence-electron chi connectivity index (χ2n) is 5.75. The summed E-state index contributed by atoms with van der Waals surface area (Å²) in [5.74, 6) is -4.53. The molecule has 1 saturated heterocycles. The van der Waals surface area contributed by atoms with Crippen molar-refractivity contribution in [3.8, 4) is 0 Å². The van der Waals surface area contributed by atoms with Gasteiger partial charge in [0.1, 0.15) is 12.1 Å². The van der Waals surface area contributed by atoms with Crippen LogP contribution in [-0.4, -0.2) is 81.7 Å². The predicted octanol–water partition coefficient (Wildman–Crippen LogP) is -2.61. The van der Waals surface area contributed by atoms with Crippen molar-refractivity contribution in [2.24, 2.45) is 5.73 Å². The maximum Gasteiger partial charge on any atom is 0.327 e. The van der Waals surface area contributed by atoms with E-state index in [4.69, 9.17) is 15.9 Å². The highest BCUT2D eigenvalue weighted by molar-refractivity contribution is 7.80. The van der Waals surface area contributed by atoms with E-state index in [2.05, 4.69) is 23.3 Å².